The Labute approximate surface area is 166 Å². The van der Waals surface area contributed by atoms with Gasteiger partial charge in [-0.05, 0) is 13.3 Å². The maximum absolute atomic E-state index is 11.6. The Morgan fingerprint density at radius 1 is 1.04 bits per heavy atom. The zero-order valence-electron chi connectivity index (χ0n) is 15.6. The van der Waals surface area contributed by atoms with Crippen molar-refractivity contribution in [2.24, 2.45) is 0 Å². The van der Waals surface area contributed by atoms with Crippen LogP contribution in [0.4, 0.5) is 0 Å². The van der Waals surface area contributed by atoms with Crippen molar-refractivity contribution in [2.45, 2.75) is 20.3 Å². The van der Waals surface area contributed by atoms with Gasteiger partial charge in [-0.2, -0.15) is 5.10 Å². The summed E-state index contributed by atoms with van der Waals surface area (Å²) in [7, 11) is 0. The second kappa shape index (κ2) is 7.40. The van der Waals surface area contributed by atoms with Crippen LogP contribution in [0.5, 0.6) is 0 Å². The molecule has 0 aliphatic heterocycles. The molecule has 2 aromatic heterocycles. The second-order valence-electron chi connectivity index (χ2n) is 6.39. The van der Waals surface area contributed by atoms with Crippen LogP contribution in [0.25, 0.3) is 27.6 Å². The third-order valence-corrected chi connectivity index (χ3v) is 5.78. The SMILES string of the molecule is CCc1sc(-n2nc(-c3ccccc3)c(C)c2-c2ccccc2)nc1C(=O)O. The molecule has 0 atom stereocenters. The lowest BCUT2D eigenvalue weighted by Crippen LogP contribution is -2.03. The van der Waals surface area contributed by atoms with Gasteiger partial charge in [-0.15, -0.1) is 0 Å². The summed E-state index contributed by atoms with van der Waals surface area (Å²) in [6, 6.07) is 20.0. The van der Waals surface area contributed by atoms with Gasteiger partial charge in [-0.1, -0.05) is 78.9 Å². The first kappa shape index (κ1) is 18.1. The van der Waals surface area contributed by atoms with Gasteiger partial charge in [0.2, 0.25) is 5.13 Å². The number of carboxylic acid groups (broad SMARTS) is 1. The Hall–Kier alpha value is -3.25. The fourth-order valence-electron chi connectivity index (χ4n) is 3.28. The van der Waals surface area contributed by atoms with E-state index in [1.165, 1.54) is 11.3 Å². The van der Waals surface area contributed by atoms with E-state index in [0.717, 1.165) is 33.0 Å². The Kier molecular flexibility index (Phi) is 4.79. The van der Waals surface area contributed by atoms with E-state index >= 15 is 0 Å². The quantitative estimate of drug-likeness (QED) is 0.507. The Morgan fingerprint density at radius 2 is 1.64 bits per heavy atom. The minimum absolute atomic E-state index is 0.107. The van der Waals surface area contributed by atoms with Crippen LogP contribution in [-0.4, -0.2) is 25.8 Å². The third-order valence-electron chi connectivity index (χ3n) is 4.61. The standard InChI is InChI=1S/C22H19N3O2S/c1-3-17-19(21(26)27)23-22(28-17)25-20(16-12-8-5-9-13-16)14(2)18(24-25)15-10-6-4-7-11-15/h4-13H,3H2,1-2H3,(H,26,27). The molecule has 0 amide bonds. The molecule has 0 fully saturated rings. The number of carbonyl (C=O) groups is 1. The average molecular weight is 389 g/mol. The smallest absolute Gasteiger partial charge is 0.355 e. The molecule has 0 saturated carbocycles. The molecular weight excluding hydrogens is 370 g/mol. The number of aromatic carboxylic acids is 1. The summed E-state index contributed by atoms with van der Waals surface area (Å²) in [5.74, 6) is -1.01. The summed E-state index contributed by atoms with van der Waals surface area (Å²) in [6.45, 7) is 3.98. The second-order valence-corrected chi connectivity index (χ2v) is 7.46. The van der Waals surface area contributed by atoms with E-state index in [4.69, 9.17) is 5.10 Å². The first-order chi connectivity index (χ1) is 13.6. The highest BCUT2D eigenvalue weighted by Crippen LogP contribution is 2.35. The molecule has 28 heavy (non-hydrogen) atoms. The van der Waals surface area contributed by atoms with Gasteiger partial charge in [-0.3, -0.25) is 0 Å². The van der Waals surface area contributed by atoms with Crippen molar-refractivity contribution >= 4 is 17.3 Å². The van der Waals surface area contributed by atoms with Crippen LogP contribution in [0.15, 0.2) is 60.7 Å². The highest BCUT2D eigenvalue weighted by atomic mass is 32.1. The van der Waals surface area contributed by atoms with E-state index in [-0.39, 0.29) is 5.69 Å². The highest BCUT2D eigenvalue weighted by molar-refractivity contribution is 7.14. The van der Waals surface area contributed by atoms with Crippen molar-refractivity contribution in [3.63, 3.8) is 0 Å². The summed E-state index contributed by atoms with van der Waals surface area (Å²) in [5, 5.41) is 14.9. The number of hydrogen-bond donors (Lipinski definition) is 1. The average Bonchev–Trinajstić information content (AvgIpc) is 3.30. The molecule has 0 unspecified atom stereocenters. The van der Waals surface area contributed by atoms with Gasteiger partial charge in [0.25, 0.3) is 0 Å². The number of carboxylic acids is 1. The number of rotatable bonds is 5. The molecule has 0 aliphatic carbocycles. The molecule has 4 aromatic rings. The monoisotopic (exact) mass is 389 g/mol. The molecule has 6 heteroatoms. The van der Waals surface area contributed by atoms with Crippen molar-refractivity contribution in [3.05, 3.63) is 76.8 Å². The number of thiazole rings is 1. The Morgan fingerprint density at radius 3 is 2.18 bits per heavy atom. The first-order valence-electron chi connectivity index (χ1n) is 9.04. The summed E-state index contributed by atoms with van der Waals surface area (Å²) in [6.07, 6.45) is 0.617. The van der Waals surface area contributed by atoms with E-state index in [9.17, 15) is 9.90 Å². The lowest BCUT2D eigenvalue weighted by Gasteiger charge is -2.05. The van der Waals surface area contributed by atoms with Crippen molar-refractivity contribution < 1.29 is 9.90 Å². The van der Waals surface area contributed by atoms with Gasteiger partial charge in [-0.25, -0.2) is 14.5 Å². The van der Waals surface area contributed by atoms with Gasteiger partial charge in [0.1, 0.15) is 0 Å². The van der Waals surface area contributed by atoms with E-state index in [1.807, 2.05) is 74.5 Å². The van der Waals surface area contributed by atoms with Gasteiger partial charge < -0.3 is 5.11 Å². The van der Waals surface area contributed by atoms with Crippen molar-refractivity contribution in [2.75, 3.05) is 0 Å². The fourth-order valence-corrected chi connectivity index (χ4v) is 4.23. The summed E-state index contributed by atoms with van der Waals surface area (Å²) >= 11 is 1.38. The molecule has 140 valence electrons. The van der Waals surface area contributed by atoms with E-state index in [2.05, 4.69) is 4.98 Å². The molecule has 2 heterocycles. The lowest BCUT2D eigenvalue weighted by molar-refractivity contribution is 0.0690. The van der Waals surface area contributed by atoms with Crippen LogP contribution >= 0.6 is 11.3 Å². The third kappa shape index (κ3) is 3.12. The lowest BCUT2D eigenvalue weighted by atomic mass is 10.0. The van der Waals surface area contributed by atoms with Crippen molar-refractivity contribution in [1.29, 1.82) is 0 Å². The van der Waals surface area contributed by atoms with Crippen molar-refractivity contribution in [1.82, 2.24) is 14.8 Å². The van der Waals surface area contributed by atoms with Crippen LogP contribution in [0, 0.1) is 6.92 Å². The number of aromatic nitrogens is 3. The maximum Gasteiger partial charge on any atom is 0.355 e. The van der Waals surface area contributed by atoms with E-state index < -0.39 is 5.97 Å². The summed E-state index contributed by atoms with van der Waals surface area (Å²) < 4.78 is 1.78. The minimum atomic E-state index is -1.01. The first-order valence-corrected chi connectivity index (χ1v) is 9.85. The minimum Gasteiger partial charge on any atom is -0.476 e. The molecule has 0 spiro atoms. The molecule has 0 saturated heterocycles. The number of aryl methyl sites for hydroxylation is 1. The van der Waals surface area contributed by atoms with Gasteiger partial charge >= 0.3 is 5.97 Å². The predicted molar refractivity (Wildman–Crippen MR) is 111 cm³/mol. The van der Waals surface area contributed by atoms with Crippen LogP contribution in [-0.2, 0) is 6.42 Å². The number of hydrogen-bond acceptors (Lipinski definition) is 4. The molecule has 0 radical (unpaired) electrons. The molecule has 2 aromatic carbocycles. The zero-order chi connectivity index (χ0) is 19.7. The molecular formula is C22H19N3O2S. The summed E-state index contributed by atoms with van der Waals surface area (Å²) in [4.78, 5) is 16.7. The molecule has 0 aliphatic rings. The maximum atomic E-state index is 11.6. The molecule has 1 N–H and O–H groups in total. The Bertz CT molecular complexity index is 1130. The van der Waals surface area contributed by atoms with E-state index in [0.29, 0.717) is 11.6 Å². The fraction of sp³-hybridized carbons (Fsp3) is 0.136. The van der Waals surface area contributed by atoms with Crippen LogP contribution in [0.2, 0.25) is 0 Å². The largest absolute Gasteiger partial charge is 0.476 e. The number of benzene rings is 2. The molecule has 5 nitrogen and oxygen atoms in total. The van der Waals surface area contributed by atoms with E-state index in [1.54, 1.807) is 4.68 Å². The van der Waals surface area contributed by atoms with Crippen LogP contribution in [0.1, 0.15) is 27.9 Å². The zero-order valence-corrected chi connectivity index (χ0v) is 16.4. The molecule has 0 bridgehead atoms. The highest BCUT2D eigenvalue weighted by Gasteiger charge is 2.23. The van der Waals surface area contributed by atoms with Crippen LogP contribution < -0.4 is 0 Å². The van der Waals surface area contributed by atoms with Crippen molar-refractivity contribution in [3.8, 4) is 27.6 Å². The normalized spacial score (nSPS) is 10.9. The van der Waals surface area contributed by atoms with Gasteiger partial charge in [0, 0.05) is 21.6 Å². The summed E-state index contributed by atoms with van der Waals surface area (Å²) in [5.41, 5.74) is 4.96. The molecule has 4 rings (SSSR count). The topological polar surface area (TPSA) is 68.0 Å². The predicted octanol–water partition coefficient (Wildman–Crippen LogP) is 5.23. The van der Waals surface area contributed by atoms with Gasteiger partial charge in [0.15, 0.2) is 5.69 Å². The van der Waals surface area contributed by atoms with Gasteiger partial charge in [0.05, 0.1) is 11.4 Å². The number of nitrogens with zero attached hydrogens (tertiary/aromatic N) is 3. The Balaban J connectivity index is 1.98. The van der Waals surface area contributed by atoms with Crippen LogP contribution in [0.3, 0.4) is 0 Å².